The number of ether oxygens (including phenoxy) is 2. The summed E-state index contributed by atoms with van der Waals surface area (Å²) < 4.78 is 18.4. The number of carbonyl (C=O) groups is 1. The van der Waals surface area contributed by atoms with E-state index in [9.17, 15) is 14.7 Å². The highest BCUT2D eigenvalue weighted by Gasteiger charge is 2.60. The Kier molecular flexibility index (Phi) is 9.37. The molecule has 1 saturated heterocycles. The third-order valence-electron chi connectivity index (χ3n) is 11.2. The van der Waals surface area contributed by atoms with Crippen LogP contribution in [0.1, 0.15) is 103 Å². The number of allylic oxidation sites excluding steroid dienone is 4. The van der Waals surface area contributed by atoms with Gasteiger partial charge in [-0.3, -0.25) is 0 Å². The van der Waals surface area contributed by atoms with Crippen molar-refractivity contribution in [2.75, 3.05) is 0 Å². The lowest BCUT2D eigenvalue weighted by Gasteiger charge is -2.61. The van der Waals surface area contributed by atoms with Crippen molar-refractivity contribution in [3.05, 3.63) is 63.8 Å². The maximum Gasteiger partial charge on any atom is 0.342 e. The number of carbonyl (C=O) groups excluding carboxylic acids is 1. The standard InChI is InChI=1S/C36H52O6/c1-10-22(2)13-11-12-14-31(37)41-29-17-20-36(9)28-16-15-23(3)27(21-26-32(38)24(4)25(5)40-33(26)39)35(28,8)19-18-30(36)42-34(29,6)7/h11-14,22,27-30,38H,3,10,15-21H2,1-2,4-9H3/t22-,27-,28-,29+,30-,35-,36+/m1/s1. The molecule has 0 bridgehead atoms. The van der Waals surface area contributed by atoms with Gasteiger partial charge in [-0.25, -0.2) is 9.59 Å². The number of esters is 1. The zero-order valence-electron chi connectivity index (χ0n) is 27.0. The van der Waals surface area contributed by atoms with E-state index in [-0.39, 0.29) is 40.7 Å². The fraction of sp³-hybridized carbons (Fsp3) is 0.667. The summed E-state index contributed by atoms with van der Waals surface area (Å²) in [5.41, 5.74) is 0.794. The van der Waals surface area contributed by atoms with Gasteiger partial charge in [0.05, 0.1) is 17.3 Å². The molecule has 42 heavy (non-hydrogen) atoms. The van der Waals surface area contributed by atoms with Gasteiger partial charge in [-0.15, -0.1) is 0 Å². The van der Waals surface area contributed by atoms with Gasteiger partial charge in [0.15, 0.2) is 0 Å². The Balaban J connectivity index is 1.57. The fourth-order valence-electron chi connectivity index (χ4n) is 8.16. The van der Waals surface area contributed by atoms with Gasteiger partial charge in [-0.2, -0.15) is 0 Å². The van der Waals surface area contributed by atoms with Crippen LogP contribution in [0.15, 0.2) is 45.7 Å². The highest BCUT2D eigenvalue weighted by molar-refractivity contribution is 5.82. The molecule has 2 aliphatic carbocycles. The van der Waals surface area contributed by atoms with Crippen LogP contribution in [0.2, 0.25) is 0 Å². The number of aryl methyl sites for hydroxylation is 1. The minimum Gasteiger partial charge on any atom is -0.507 e. The van der Waals surface area contributed by atoms with E-state index in [0.29, 0.717) is 35.1 Å². The van der Waals surface area contributed by atoms with E-state index in [1.807, 2.05) is 19.9 Å². The molecule has 1 aliphatic heterocycles. The summed E-state index contributed by atoms with van der Waals surface area (Å²) in [4.78, 5) is 25.7. The smallest absolute Gasteiger partial charge is 0.342 e. The molecule has 2 saturated carbocycles. The molecule has 3 aliphatic rings. The van der Waals surface area contributed by atoms with Crippen molar-refractivity contribution in [1.29, 1.82) is 0 Å². The average molecular weight is 581 g/mol. The van der Waals surface area contributed by atoms with Gasteiger partial charge >= 0.3 is 11.6 Å². The first-order valence-corrected chi connectivity index (χ1v) is 15.9. The van der Waals surface area contributed by atoms with Gasteiger partial charge in [-0.1, -0.05) is 64.5 Å². The Morgan fingerprint density at radius 2 is 1.81 bits per heavy atom. The number of fused-ring (bicyclic) bond motifs is 3. The van der Waals surface area contributed by atoms with E-state index in [1.165, 1.54) is 6.08 Å². The van der Waals surface area contributed by atoms with Crippen LogP contribution >= 0.6 is 0 Å². The lowest BCUT2D eigenvalue weighted by atomic mass is 9.45. The highest BCUT2D eigenvalue weighted by atomic mass is 16.6. The van der Waals surface area contributed by atoms with Crippen LogP contribution in [0.3, 0.4) is 0 Å². The Morgan fingerprint density at radius 3 is 2.50 bits per heavy atom. The summed E-state index contributed by atoms with van der Waals surface area (Å²) in [7, 11) is 0. The number of rotatable bonds is 7. The van der Waals surface area contributed by atoms with E-state index in [0.717, 1.165) is 50.5 Å². The Labute approximate surface area is 252 Å². The SMILES string of the molecule is C=C1CC[C@@H]2[C@](C)(CC[C@H]3OC(C)(C)[C@@H](OC(=O)C=CC=C[C@H](C)CC)CC[C@@]23C)[C@@H]1Cc1c(O)c(C)c(C)oc1=O. The molecule has 1 aromatic rings. The molecule has 0 aromatic carbocycles. The van der Waals surface area contributed by atoms with Gasteiger partial charge in [0.2, 0.25) is 0 Å². The summed E-state index contributed by atoms with van der Waals surface area (Å²) in [6.45, 7) is 21.0. The normalized spacial score (nSPS) is 33.7. The monoisotopic (exact) mass is 580 g/mol. The molecule has 3 fully saturated rings. The zero-order valence-corrected chi connectivity index (χ0v) is 27.0. The predicted octanol–water partition coefficient (Wildman–Crippen LogP) is 7.92. The second-order valence-corrected chi connectivity index (χ2v) is 14.3. The molecular formula is C36H52O6. The third-order valence-corrected chi connectivity index (χ3v) is 11.2. The van der Waals surface area contributed by atoms with E-state index in [1.54, 1.807) is 19.9 Å². The van der Waals surface area contributed by atoms with Crippen LogP contribution in [0, 0.1) is 42.4 Å². The van der Waals surface area contributed by atoms with E-state index in [2.05, 4.69) is 40.3 Å². The van der Waals surface area contributed by atoms with Gasteiger partial charge in [-0.05, 0) is 101 Å². The third kappa shape index (κ3) is 6.06. The molecule has 6 nitrogen and oxygen atoms in total. The molecule has 4 rings (SSSR count). The minimum absolute atomic E-state index is 0.0374. The van der Waals surface area contributed by atoms with Crippen LogP contribution in [0.4, 0.5) is 0 Å². The molecule has 7 atom stereocenters. The zero-order chi connectivity index (χ0) is 31.0. The quantitative estimate of drug-likeness (QED) is 0.153. The topological polar surface area (TPSA) is 86.0 Å². The summed E-state index contributed by atoms with van der Waals surface area (Å²) in [5.74, 6) is 1.00. The first-order valence-electron chi connectivity index (χ1n) is 15.9. The van der Waals surface area contributed by atoms with Crippen molar-refractivity contribution in [1.82, 2.24) is 0 Å². The molecule has 232 valence electrons. The largest absolute Gasteiger partial charge is 0.507 e. The first-order chi connectivity index (χ1) is 19.6. The predicted molar refractivity (Wildman–Crippen MR) is 166 cm³/mol. The van der Waals surface area contributed by atoms with Gasteiger partial charge < -0.3 is 19.0 Å². The lowest BCUT2D eigenvalue weighted by Crippen LogP contribution is -2.57. The maximum absolute atomic E-state index is 12.9. The van der Waals surface area contributed by atoms with Crippen molar-refractivity contribution >= 4 is 5.97 Å². The molecule has 1 N–H and O–H groups in total. The molecule has 0 amide bonds. The van der Waals surface area contributed by atoms with E-state index >= 15 is 0 Å². The van der Waals surface area contributed by atoms with Crippen LogP contribution in [0.5, 0.6) is 5.75 Å². The fourth-order valence-corrected chi connectivity index (χ4v) is 8.16. The summed E-state index contributed by atoms with van der Waals surface area (Å²) >= 11 is 0. The Bertz CT molecular complexity index is 1300. The van der Waals surface area contributed by atoms with E-state index < -0.39 is 11.2 Å². The average Bonchev–Trinajstić information content (AvgIpc) is 3.02. The number of hydrogen-bond donors (Lipinski definition) is 1. The Morgan fingerprint density at radius 1 is 1.12 bits per heavy atom. The van der Waals surface area contributed by atoms with Gasteiger partial charge in [0.1, 0.15) is 17.6 Å². The van der Waals surface area contributed by atoms with E-state index in [4.69, 9.17) is 13.9 Å². The van der Waals surface area contributed by atoms with Crippen molar-refractivity contribution < 1.29 is 23.8 Å². The van der Waals surface area contributed by atoms with Crippen LogP contribution < -0.4 is 5.63 Å². The molecular weight excluding hydrogens is 528 g/mol. The summed E-state index contributed by atoms with van der Waals surface area (Å²) in [6, 6.07) is 0. The summed E-state index contributed by atoms with van der Waals surface area (Å²) in [5, 5.41) is 10.9. The minimum atomic E-state index is -0.617. The number of hydrogen-bond acceptors (Lipinski definition) is 6. The van der Waals surface area contributed by atoms with Crippen molar-refractivity contribution in [2.45, 2.75) is 125 Å². The maximum atomic E-state index is 12.9. The second kappa shape index (κ2) is 12.2. The van der Waals surface area contributed by atoms with Gasteiger partial charge in [0.25, 0.3) is 0 Å². The Hall–Kier alpha value is -2.60. The van der Waals surface area contributed by atoms with Crippen LogP contribution in [0.25, 0.3) is 0 Å². The lowest BCUT2D eigenvalue weighted by molar-refractivity contribution is -0.204. The van der Waals surface area contributed by atoms with Crippen LogP contribution in [-0.2, 0) is 20.7 Å². The molecule has 0 spiro atoms. The molecule has 0 radical (unpaired) electrons. The number of aromatic hydroxyl groups is 1. The van der Waals surface area contributed by atoms with Crippen molar-refractivity contribution in [3.8, 4) is 5.75 Å². The van der Waals surface area contributed by atoms with Crippen molar-refractivity contribution in [2.24, 2.45) is 28.6 Å². The van der Waals surface area contributed by atoms with Gasteiger partial charge in [0, 0.05) is 11.6 Å². The molecule has 6 heteroatoms. The molecule has 1 aromatic heterocycles. The second-order valence-electron chi connectivity index (χ2n) is 14.3. The summed E-state index contributed by atoms with van der Waals surface area (Å²) in [6.07, 6.45) is 13.7. The van der Waals surface area contributed by atoms with Crippen LogP contribution in [-0.4, -0.2) is 28.9 Å². The first kappa shape index (κ1) is 32.3. The molecule has 2 heterocycles. The molecule has 0 unspecified atom stereocenters. The van der Waals surface area contributed by atoms with Crippen molar-refractivity contribution in [3.63, 3.8) is 0 Å². The highest BCUT2D eigenvalue weighted by Crippen LogP contribution is 2.64.